The zero-order valence-corrected chi connectivity index (χ0v) is 10.9. The molecule has 4 N–H and O–H groups in total. The van der Waals surface area contributed by atoms with Gasteiger partial charge in [0, 0.05) is 24.7 Å². The van der Waals surface area contributed by atoms with Crippen LogP contribution in [-0.4, -0.2) is 35.1 Å². The van der Waals surface area contributed by atoms with Gasteiger partial charge in [0.05, 0.1) is 0 Å². The van der Waals surface area contributed by atoms with E-state index in [2.05, 4.69) is 10.5 Å². The topological polar surface area (TPSA) is 91.0 Å². The van der Waals surface area contributed by atoms with Crippen molar-refractivity contribution < 1.29 is 14.4 Å². The molecule has 0 aromatic heterocycles. The quantitative estimate of drug-likeness (QED) is 0.334. The maximum atomic E-state index is 12.8. The van der Waals surface area contributed by atoms with Crippen molar-refractivity contribution in [1.82, 2.24) is 4.90 Å². The number of hydrogen-bond donors (Lipinski definition) is 3. The van der Waals surface area contributed by atoms with E-state index < -0.39 is 0 Å². The first-order valence-corrected chi connectivity index (χ1v) is 6.39. The van der Waals surface area contributed by atoms with E-state index in [1.807, 2.05) is 0 Å². The van der Waals surface area contributed by atoms with Crippen LogP contribution >= 0.6 is 0 Å². The summed E-state index contributed by atoms with van der Waals surface area (Å²) in [5.41, 5.74) is 6.10. The maximum absolute atomic E-state index is 12.8. The fourth-order valence-corrected chi connectivity index (χ4v) is 2.20. The minimum Gasteiger partial charge on any atom is -0.409 e. The van der Waals surface area contributed by atoms with Gasteiger partial charge >= 0.3 is 6.03 Å². The van der Waals surface area contributed by atoms with Gasteiger partial charge in [0.1, 0.15) is 11.7 Å². The molecule has 1 aromatic carbocycles. The SMILES string of the molecule is NC(=NO)C1CCN(C(=O)Nc2ccc(F)cc2)CC1. The second-order valence-electron chi connectivity index (χ2n) is 4.72. The van der Waals surface area contributed by atoms with Crippen LogP contribution in [0.3, 0.4) is 0 Å². The number of carbonyl (C=O) groups excluding carboxylic acids is 1. The maximum Gasteiger partial charge on any atom is 0.321 e. The van der Waals surface area contributed by atoms with Crippen LogP contribution in [0.4, 0.5) is 14.9 Å². The number of amidine groups is 1. The number of piperidine rings is 1. The number of oxime groups is 1. The average Bonchev–Trinajstić information content (AvgIpc) is 2.49. The van der Waals surface area contributed by atoms with Crippen LogP contribution < -0.4 is 11.1 Å². The second-order valence-corrected chi connectivity index (χ2v) is 4.72. The molecule has 20 heavy (non-hydrogen) atoms. The summed E-state index contributed by atoms with van der Waals surface area (Å²) in [6.45, 7) is 1.07. The molecule has 1 aliphatic rings. The number of amides is 2. The first-order chi connectivity index (χ1) is 9.60. The van der Waals surface area contributed by atoms with Crippen LogP contribution in [0, 0.1) is 11.7 Å². The van der Waals surface area contributed by atoms with Gasteiger partial charge in [-0.15, -0.1) is 0 Å². The van der Waals surface area contributed by atoms with Crippen molar-refractivity contribution in [2.45, 2.75) is 12.8 Å². The van der Waals surface area contributed by atoms with Gasteiger partial charge in [-0.05, 0) is 37.1 Å². The number of likely N-dealkylation sites (tertiary alicyclic amines) is 1. The van der Waals surface area contributed by atoms with Gasteiger partial charge in [0.25, 0.3) is 0 Å². The lowest BCUT2D eigenvalue weighted by Crippen LogP contribution is -2.43. The smallest absolute Gasteiger partial charge is 0.321 e. The highest BCUT2D eigenvalue weighted by Crippen LogP contribution is 2.18. The zero-order valence-electron chi connectivity index (χ0n) is 10.9. The Morgan fingerprint density at radius 2 is 1.95 bits per heavy atom. The third kappa shape index (κ3) is 3.37. The molecular weight excluding hydrogens is 263 g/mol. The second kappa shape index (κ2) is 6.23. The first kappa shape index (κ1) is 14.1. The highest BCUT2D eigenvalue weighted by molar-refractivity contribution is 5.89. The summed E-state index contributed by atoms with van der Waals surface area (Å²) in [4.78, 5) is 13.7. The van der Waals surface area contributed by atoms with Gasteiger partial charge in [-0.3, -0.25) is 0 Å². The van der Waals surface area contributed by atoms with Gasteiger partial charge in [-0.25, -0.2) is 9.18 Å². The molecule has 1 aromatic rings. The highest BCUT2D eigenvalue weighted by Gasteiger charge is 2.25. The summed E-state index contributed by atoms with van der Waals surface area (Å²) in [5, 5.41) is 14.3. The van der Waals surface area contributed by atoms with Gasteiger partial charge in [0.15, 0.2) is 0 Å². The van der Waals surface area contributed by atoms with Crippen LogP contribution in [0.1, 0.15) is 12.8 Å². The molecule has 108 valence electrons. The summed E-state index contributed by atoms with van der Waals surface area (Å²) in [7, 11) is 0. The molecule has 0 aliphatic carbocycles. The van der Waals surface area contributed by atoms with Crippen molar-refractivity contribution in [1.29, 1.82) is 0 Å². The highest BCUT2D eigenvalue weighted by atomic mass is 19.1. The van der Waals surface area contributed by atoms with E-state index in [-0.39, 0.29) is 23.6 Å². The van der Waals surface area contributed by atoms with Gasteiger partial charge in [-0.1, -0.05) is 5.16 Å². The Hall–Kier alpha value is -2.31. The lowest BCUT2D eigenvalue weighted by atomic mass is 9.96. The number of anilines is 1. The van der Waals surface area contributed by atoms with E-state index in [9.17, 15) is 9.18 Å². The normalized spacial score (nSPS) is 17.1. The number of halogens is 1. The Morgan fingerprint density at radius 3 is 2.50 bits per heavy atom. The molecule has 0 bridgehead atoms. The van der Waals surface area contributed by atoms with Crippen LogP contribution in [0.15, 0.2) is 29.4 Å². The Morgan fingerprint density at radius 1 is 1.35 bits per heavy atom. The lowest BCUT2D eigenvalue weighted by Gasteiger charge is -2.31. The van der Waals surface area contributed by atoms with Gasteiger partial charge in [0.2, 0.25) is 0 Å². The molecule has 1 aliphatic heterocycles. The molecule has 0 radical (unpaired) electrons. The molecule has 1 saturated heterocycles. The molecule has 7 heteroatoms. The number of carbonyl (C=O) groups is 1. The first-order valence-electron chi connectivity index (χ1n) is 6.39. The summed E-state index contributed by atoms with van der Waals surface area (Å²) in [6.07, 6.45) is 1.32. The fourth-order valence-electron chi connectivity index (χ4n) is 2.20. The van der Waals surface area contributed by atoms with Crippen LogP contribution in [0.5, 0.6) is 0 Å². The predicted octanol–water partition coefficient (Wildman–Crippen LogP) is 1.82. The minimum atomic E-state index is -0.345. The number of nitrogens with two attached hydrogens (primary N) is 1. The van der Waals surface area contributed by atoms with E-state index in [4.69, 9.17) is 10.9 Å². The molecule has 6 nitrogen and oxygen atoms in total. The molecule has 1 heterocycles. The molecule has 2 amide bonds. The summed E-state index contributed by atoms with van der Waals surface area (Å²) < 4.78 is 12.8. The molecule has 0 spiro atoms. The molecule has 2 rings (SSSR count). The average molecular weight is 280 g/mol. The molecule has 0 atom stereocenters. The number of nitrogens with one attached hydrogen (secondary N) is 1. The molecule has 0 saturated carbocycles. The summed E-state index contributed by atoms with van der Waals surface area (Å²) >= 11 is 0. The Kier molecular flexibility index (Phi) is 4.39. The standard InChI is InChI=1S/C13H17FN4O2/c14-10-1-3-11(4-2-10)16-13(19)18-7-5-9(6-8-18)12(15)17-20/h1-4,9,20H,5-8H2,(H2,15,17)(H,16,19). The number of nitrogens with zero attached hydrogens (tertiary/aromatic N) is 2. The zero-order chi connectivity index (χ0) is 14.5. The van der Waals surface area contributed by atoms with E-state index in [1.165, 1.54) is 24.3 Å². The van der Waals surface area contributed by atoms with E-state index in [1.54, 1.807) is 4.90 Å². The van der Waals surface area contributed by atoms with Crippen molar-refractivity contribution >= 4 is 17.6 Å². The fraction of sp³-hybridized carbons (Fsp3) is 0.385. The summed E-state index contributed by atoms with van der Waals surface area (Å²) in [5.74, 6) is -0.124. The monoisotopic (exact) mass is 280 g/mol. The third-order valence-corrected chi connectivity index (χ3v) is 3.41. The number of benzene rings is 1. The van der Waals surface area contributed by atoms with Crippen LogP contribution in [0.25, 0.3) is 0 Å². The van der Waals surface area contributed by atoms with Gasteiger partial charge in [-0.2, -0.15) is 0 Å². The van der Waals surface area contributed by atoms with E-state index >= 15 is 0 Å². The van der Waals surface area contributed by atoms with Crippen molar-refractivity contribution in [3.63, 3.8) is 0 Å². The molecule has 0 unspecified atom stereocenters. The Labute approximate surface area is 116 Å². The predicted molar refractivity (Wildman–Crippen MR) is 73.1 cm³/mol. The summed E-state index contributed by atoms with van der Waals surface area (Å²) in [6, 6.07) is 5.38. The Balaban J connectivity index is 1.87. The largest absolute Gasteiger partial charge is 0.409 e. The van der Waals surface area contributed by atoms with Crippen LogP contribution in [-0.2, 0) is 0 Å². The van der Waals surface area contributed by atoms with Crippen molar-refractivity contribution in [2.24, 2.45) is 16.8 Å². The van der Waals surface area contributed by atoms with Crippen LogP contribution in [0.2, 0.25) is 0 Å². The third-order valence-electron chi connectivity index (χ3n) is 3.41. The van der Waals surface area contributed by atoms with E-state index in [0.29, 0.717) is 31.6 Å². The number of urea groups is 1. The number of hydrogen-bond acceptors (Lipinski definition) is 3. The Bertz CT molecular complexity index is 496. The van der Waals surface area contributed by atoms with E-state index in [0.717, 1.165) is 0 Å². The minimum absolute atomic E-state index is 0.00914. The number of rotatable bonds is 2. The molecular formula is C13H17FN4O2. The molecule has 1 fully saturated rings. The van der Waals surface area contributed by atoms with Crippen molar-refractivity contribution in [3.05, 3.63) is 30.1 Å². The van der Waals surface area contributed by atoms with Crippen molar-refractivity contribution in [2.75, 3.05) is 18.4 Å². The van der Waals surface area contributed by atoms with Crippen molar-refractivity contribution in [3.8, 4) is 0 Å². The van der Waals surface area contributed by atoms with Gasteiger partial charge < -0.3 is 21.2 Å². The lowest BCUT2D eigenvalue weighted by molar-refractivity contribution is 0.192.